The van der Waals surface area contributed by atoms with Crippen molar-refractivity contribution in [1.29, 1.82) is 0 Å². The summed E-state index contributed by atoms with van der Waals surface area (Å²) in [6.07, 6.45) is 0.836. The third kappa shape index (κ3) is 4.02. The zero-order chi connectivity index (χ0) is 22.7. The van der Waals surface area contributed by atoms with E-state index in [9.17, 15) is 4.79 Å². The molecule has 0 spiro atoms. The molecule has 1 heterocycles. The van der Waals surface area contributed by atoms with Crippen LogP contribution in [0.25, 0.3) is 22.2 Å². The number of pyridine rings is 1. The molecule has 0 bridgehead atoms. The number of carbonyl (C=O) groups excluding carboxylic acids is 1. The molecular weight excluding hydrogens is 400 g/mol. The van der Waals surface area contributed by atoms with E-state index in [4.69, 9.17) is 14.5 Å². The van der Waals surface area contributed by atoms with Crippen LogP contribution in [0.2, 0.25) is 0 Å². The lowest BCUT2D eigenvalue weighted by Gasteiger charge is -2.15. The van der Waals surface area contributed by atoms with E-state index in [0.717, 1.165) is 39.7 Å². The molecule has 32 heavy (non-hydrogen) atoms. The highest BCUT2D eigenvalue weighted by Crippen LogP contribution is 2.34. The first kappa shape index (κ1) is 21.4. The maximum absolute atomic E-state index is 13.5. The second kappa shape index (κ2) is 9.10. The van der Waals surface area contributed by atoms with Gasteiger partial charge in [0.2, 0.25) is 0 Å². The molecule has 1 aromatic heterocycles. The Bertz CT molecular complexity index is 1300. The van der Waals surface area contributed by atoms with Crippen molar-refractivity contribution < 1.29 is 14.3 Å². The van der Waals surface area contributed by atoms with E-state index in [1.54, 1.807) is 14.2 Å². The van der Waals surface area contributed by atoms with Crippen molar-refractivity contribution >= 4 is 22.5 Å². The van der Waals surface area contributed by atoms with Gasteiger partial charge in [0.15, 0.2) is 0 Å². The monoisotopic (exact) mass is 426 g/mol. The molecule has 0 atom stereocenters. The number of hydrogen-bond acceptors (Lipinski definition) is 4. The van der Waals surface area contributed by atoms with Crippen LogP contribution in [-0.4, -0.2) is 25.1 Å². The number of fused-ring (bicyclic) bond motifs is 1. The molecule has 0 saturated heterocycles. The zero-order valence-corrected chi connectivity index (χ0v) is 18.7. The van der Waals surface area contributed by atoms with Crippen LogP contribution < -0.4 is 14.8 Å². The molecule has 0 radical (unpaired) electrons. The van der Waals surface area contributed by atoms with Crippen LogP contribution in [0.4, 0.5) is 5.69 Å². The average molecular weight is 427 g/mol. The van der Waals surface area contributed by atoms with Gasteiger partial charge < -0.3 is 14.8 Å². The molecule has 0 aliphatic carbocycles. The van der Waals surface area contributed by atoms with Crippen LogP contribution in [0.5, 0.6) is 11.5 Å². The number of rotatable bonds is 6. The molecule has 0 fully saturated rings. The van der Waals surface area contributed by atoms with Gasteiger partial charge >= 0.3 is 0 Å². The summed E-state index contributed by atoms with van der Waals surface area (Å²) in [6, 6.07) is 21.1. The number of benzene rings is 3. The minimum absolute atomic E-state index is 0.165. The number of hydrogen-bond donors (Lipinski definition) is 1. The quantitative estimate of drug-likeness (QED) is 0.408. The molecule has 4 aromatic rings. The van der Waals surface area contributed by atoms with Gasteiger partial charge in [-0.05, 0) is 48.7 Å². The van der Waals surface area contributed by atoms with Gasteiger partial charge in [0.05, 0.1) is 31.0 Å². The number of nitrogens with one attached hydrogen (secondary N) is 1. The Labute approximate surface area is 188 Å². The van der Waals surface area contributed by atoms with Gasteiger partial charge in [-0.3, -0.25) is 4.79 Å². The molecule has 0 aliphatic rings. The summed E-state index contributed by atoms with van der Waals surface area (Å²) in [7, 11) is 3.22. The number of methoxy groups -OCH3 is 2. The Kier molecular flexibility index (Phi) is 6.08. The molecular formula is C27H26N2O3. The Morgan fingerprint density at radius 2 is 1.78 bits per heavy atom. The second-order valence-corrected chi connectivity index (χ2v) is 7.56. The van der Waals surface area contributed by atoms with E-state index >= 15 is 0 Å². The maximum atomic E-state index is 13.5. The Balaban J connectivity index is 1.85. The molecule has 1 amide bonds. The first-order valence-electron chi connectivity index (χ1n) is 10.6. The van der Waals surface area contributed by atoms with Crippen molar-refractivity contribution in [3.8, 4) is 22.8 Å². The van der Waals surface area contributed by atoms with Crippen molar-refractivity contribution in [2.75, 3.05) is 19.5 Å². The van der Waals surface area contributed by atoms with Crippen LogP contribution >= 0.6 is 0 Å². The fourth-order valence-electron chi connectivity index (χ4n) is 3.89. The molecule has 1 N–H and O–H groups in total. The highest BCUT2D eigenvalue weighted by Gasteiger charge is 2.18. The Hall–Kier alpha value is -3.86. The topological polar surface area (TPSA) is 60.5 Å². The first-order valence-corrected chi connectivity index (χ1v) is 10.6. The second-order valence-electron chi connectivity index (χ2n) is 7.56. The molecule has 5 heteroatoms. The minimum atomic E-state index is -0.165. The molecule has 4 rings (SSSR count). The molecule has 0 unspecified atom stereocenters. The zero-order valence-electron chi connectivity index (χ0n) is 18.7. The number of amides is 1. The van der Waals surface area contributed by atoms with Crippen LogP contribution in [0.1, 0.15) is 28.4 Å². The number of aromatic nitrogens is 1. The van der Waals surface area contributed by atoms with Gasteiger partial charge in [-0.15, -0.1) is 0 Å². The summed E-state index contributed by atoms with van der Waals surface area (Å²) in [4.78, 5) is 18.3. The summed E-state index contributed by atoms with van der Waals surface area (Å²) >= 11 is 0. The summed E-state index contributed by atoms with van der Waals surface area (Å²) in [5.74, 6) is 1.16. The number of nitrogens with zero attached hydrogens (tertiary/aromatic N) is 1. The number of para-hydroxylation sites is 2. The van der Waals surface area contributed by atoms with Crippen molar-refractivity contribution in [3.63, 3.8) is 0 Å². The number of ether oxygens (including phenoxy) is 2. The smallest absolute Gasteiger partial charge is 0.256 e. The van der Waals surface area contributed by atoms with Crippen LogP contribution in [-0.2, 0) is 6.42 Å². The van der Waals surface area contributed by atoms with Gasteiger partial charge in [0.1, 0.15) is 11.5 Å². The summed E-state index contributed by atoms with van der Waals surface area (Å²) < 4.78 is 10.9. The number of carbonyl (C=O) groups is 1. The highest BCUT2D eigenvalue weighted by molar-refractivity contribution is 6.13. The van der Waals surface area contributed by atoms with Gasteiger partial charge in [-0.1, -0.05) is 43.3 Å². The Morgan fingerprint density at radius 1 is 0.969 bits per heavy atom. The normalized spacial score (nSPS) is 10.8. The van der Waals surface area contributed by atoms with E-state index < -0.39 is 0 Å². The third-order valence-corrected chi connectivity index (χ3v) is 5.62. The molecule has 0 aliphatic heterocycles. The van der Waals surface area contributed by atoms with E-state index in [-0.39, 0.29) is 5.91 Å². The Morgan fingerprint density at radius 3 is 2.53 bits per heavy atom. The van der Waals surface area contributed by atoms with Crippen LogP contribution in [0.3, 0.4) is 0 Å². The largest absolute Gasteiger partial charge is 0.497 e. The van der Waals surface area contributed by atoms with E-state index in [1.807, 2.05) is 73.7 Å². The fourth-order valence-corrected chi connectivity index (χ4v) is 3.89. The SMILES string of the molecule is CCc1cccc(C)c1NC(=O)c1cc(-c2ccc(OC)cc2OC)nc2ccccc12. The van der Waals surface area contributed by atoms with Crippen molar-refractivity contribution in [3.05, 3.63) is 83.4 Å². The minimum Gasteiger partial charge on any atom is -0.497 e. The van der Waals surface area contributed by atoms with E-state index in [1.165, 1.54) is 0 Å². The van der Waals surface area contributed by atoms with Gasteiger partial charge in [0, 0.05) is 22.7 Å². The standard InChI is InChI=1S/C27H26N2O3/c1-5-18-10-8-9-17(2)26(18)29-27(30)22-16-24(28-23-12-7-6-11-20(22)23)21-14-13-19(31-3)15-25(21)32-4/h6-16H,5H2,1-4H3,(H,29,30). The lowest BCUT2D eigenvalue weighted by atomic mass is 10.0. The molecule has 162 valence electrons. The van der Waals surface area contributed by atoms with E-state index in [0.29, 0.717) is 22.8 Å². The fraction of sp³-hybridized carbons (Fsp3) is 0.185. The number of anilines is 1. The summed E-state index contributed by atoms with van der Waals surface area (Å²) in [5, 5.41) is 3.94. The lowest BCUT2D eigenvalue weighted by molar-refractivity contribution is 0.102. The van der Waals surface area contributed by atoms with Gasteiger partial charge in [-0.2, -0.15) is 0 Å². The van der Waals surface area contributed by atoms with Crippen molar-refractivity contribution in [2.24, 2.45) is 0 Å². The lowest BCUT2D eigenvalue weighted by Crippen LogP contribution is -2.15. The van der Waals surface area contributed by atoms with Crippen molar-refractivity contribution in [1.82, 2.24) is 4.98 Å². The first-order chi connectivity index (χ1) is 15.5. The highest BCUT2D eigenvalue weighted by atomic mass is 16.5. The van der Waals surface area contributed by atoms with Crippen LogP contribution in [0.15, 0.2) is 66.7 Å². The number of aryl methyl sites for hydroxylation is 2. The average Bonchev–Trinajstić information content (AvgIpc) is 2.83. The summed E-state index contributed by atoms with van der Waals surface area (Å²) in [6.45, 7) is 4.09. The predicted molar refractivity (Wildman–Crippen MR) is 129 cm³/mol. The molecule has 5 nitrogen and oxygen atoms in total. The maximum Gasteiger partial charge on any atom is 0.256 e. The van der Waals surface area contributed by atoms with Crippen LogP contribution in [0, 0.1) is 6.92 Å². The van der Waals surface area contributed by atoms with Gasteiger partial charge in [0.25, 0.3) is 5.91 Å². The van der Waals surface area contributed by atoms with E-state index in [2.05, 4.69) is 12.2 Å². The predicted octanol–water partition coefficient (Wildman–Crippen LogP) is 6.04. The summed E-state index contributed by atoms with van der Waals surface area (Å²) in [5.41, 5.74) is 5.76. The third-order valence-electron chi connectivity index (χ3n) is 5.62. The molecule has 3 aromatic carbocycles. The molecule has 0 saturated carbocycles. The van der Waals surface area contributed by atoms with Gasteiger partial charge in [-0.25, -0.2) is 4.98 Å². The van der Waals surface area contributed by atoms with Crippen molar-refractivity contribution in [2.45, 2.75) is 20.3 Å².